The van der Waals surface area contributed by atoms with Gasteiger partial charge in [-0.15, -0.1) is 0 Å². The van der Waals surface area contributed by atoms with Crippen molar-refractivity contribution in [1.82, 2.24) is 14.5 Å². The van der Waals surface area contributed by atoms with Crippen molar-refractivity contribution in [3.05, 3.63) is 228 Å². The van der Waals surface area contributed by atoms with Crippen LogP contribution >= 0.6 is 0 Å². The van der Waals surface area contributed by atoms with Gasteiger partial charge in [0, 0.05) is 62.4 Å². The Bertz CT molecular complexity index is 2990. The van der Waals surface area contributed by atoms with E-state index < -0.39 is 0 Å². The smallest absolute Gasteiger partial charge is 0.0541 e. The minimum Gasteiger partial charge on any atom is -0.398 e. The van der Waals surface area contributed by atoms with Crippen LogP contribution in [0.4, 0.5) is 11.4 Å². The van der Waals surface area contributed by atoms with Gasteiger partial charge in [-0.3, -0.25) is 0 Å². The number of nitrogens with one attached hydrogen (secondary N) is 2. The van der Waals surface area contributed by atoms with Gasteiger partial charge in [-0.1, -0.05) is 141 Å². The molecule has 2 aromatic heterocycles. The van der Waals surface area contributed by atoms with Gasteiger partial charge in [-0.05, 0) is 116 Å². The number of aromatic nitrogens is 2. The van der Waals surface area contributed by atoms with Crippen LogP contribution in [0.3, 0.4) is 0 Å². The zero-order valence-corrected chi connectivity index (χ0v) is 36.0. The molecule has 0 radical (unpaired) electrons. The van der Waals surface area contributed by atoms with Gasteiger partial charge in [-0.25, -0.2) is 0 Å². The second kappa shape index (κ2) is 19.3. The zero-order valence-electron chi connectivity index (χ0n) is 36.0. The normalized spacial score (nSPS) is 12.6. The number of nitrogens with zero attached hydrogens (tertiary/aromatic N) is 2. The van der Waals surface area contributed by atoms with E-state index in [0.717, 1.165) is 42.9 Å². The number of rotatable bonds is 6. The molecule has 62 heavy (non-hydrogen) atoms. The van der Waals surface area contributed by atoms with Crippen LogP contribution < -0.4 is 16.4 Å². The molecule has 0 saturated carbocycles. The van der Waals surface area contributed by atoms with Crippen LogP contribution in [0, 0.1) is 6.92 Å². The fourth-order valence-corrected chi connectivity index (χ4v) is 8.43. The summed E-state index contributed by atoms with van der Waals surface area (Å²) in [6.45, 7) is 10.7. The molecule has 2 aliphatic rings. The van der Waals surface area contributed by atoms with E-state index in [0.29, 0.717) is 5.70 Å². The summed E-state index contributed by atoms with van der Waals surface area (Å²) in [5, 5.41) is 10.5. The number of benzene rings is 7. The predicted molar refractivity (Wildman–Crippen MR) is 267 cm³/mol. The SMILES string of the molecule is C1=C(c2ccc3c(c2)c2ccccc2n3-c2ccccc2)CCc2c1c1ccccc1n2-c1ccc(Nc2ccccc2)cc1.C=C(N)C1=CCCN1.CC.Cc1ccccc1. The summed E-state index contributed by atoms with van der Waals surface area (Å²) in [4.78, 5) is 0. The van der Waals surface area contributed by atoms with Crippen molar-refractivity contribution >= 4 is 55.7 Å². The molecular weight excluding hydrogens is 755 g/mol. The highest BCUT2D eigenvalue weighted by atomic mass is 15.0. The van der Waals surface area contributed by atoms with Crippen LogP contribution in [-0.2, 0) is 6.42 Å². The van der Waals surface area contributed by atoms with Crippen LogP contribution in [0.25, 0.3) is 55.7 Å². The van der Waals surface area contributed by atoms with Crippen LogP contribution in [0.5, 0.6) is 0 Å². The average Bonchev–Trinajstić information content (AvgIpc) is 4.07. The second-order valence-corrected chi connectivity index (χ2v) is 15.4. The third-order valence-corrected chi connectivity index (χ3v) is 11.3. The summed E-state index contributed by atoms with van der Waals surface area (Å²) in [5.74, 6) is 0. The zero-order chi connectivity index (χ0) is 42.8. The Morgan fingerprint density at radius 1 is 0.581 bits per heavy atom. The van der Waals surface area contributed by atoms with Crippen molar-refractivity contribution in [2.24, 2.45) is 5.73 Å². The Morgan fingerprint density at radius 2 is 1.15 bits per heavy atom. The summed E-state index contributed by atoms with van der Waals surface area (Å²) >= 11 is 0. The number of aryl methyl sites for hydroxylation is 1. The highest BCUT2D eigenvalue weighted by molar-refractivity contribution is 6.10. The second-order valence-electron chi connectivity index (χ2n) is 15.4. The number of nitrogens with two attached hydrogens (primary N) is 1. The first-order valence-corrected chi connectivity index (χ1v) is 21.8. The van der Waals surface area contributed by atoms with E-state index in [9.17, 15) is 0 Å². The Hall–Kier alpha value is -7.50. The summed E-state index contributed by atoms with van der Waals surface area (Å²) in [7, 11) is 0. The molecule has 0 unspecified atom stereocenters. The fourth-order valence-electron chi connectivity index (χ4n) is 8.43. The topological polar surface area (TPSA) is 59.9 Å². The van der Waals surface area contributed by atoms with Gasteiger partial charge in [0.2, 0.25) is 0 Å². The van der Waals surface area contributed by atoms with E-state index in [-0.39, 0.29) is 0 Å². The van der Waals surface area contributed by atoms with Gasteiger partial charge in [0.15, 0.2) is 0 Å². The lowest BCUT2D eigenvalue weighted by Gasteiger charge is -2.18. The van der Waals surface area contributed by atoms with Gasteiger partial charge in [0.05, 0.1) is 22.2 Å². The quantitative estimate of drug-likeness (QED) is 0.157. The summed E-state index contributed by atoms with van der Waals surface area (Å²) in [5.41, 5.74) is 22.1. The molecule has 0 fully saturated rings. The maximum atomic E-state index is 5.37. The Labute approximate surface area is 366 Å². The van der Waals surface area contributed by atoms with Crippen molar-refractivity contribution in [3.8, 4) is 11.4 Å². The highest BCUT2D eigenvalue weighted by Crippen LogP contribution is 2.40. The van der Waals surface area contributed by atoms with Gasteiger partial charge < -0.3 is 25.5 Å². The lowest BCUT2D eigenvalue weighted by Crippen LogP contribution is -2.12. The first-order chi connectivity index (χ1) is 30.5. The van der Waals surface area contributed by atoms with E-state index in [4.69, 9.17) is 5.73 Å². The standard InChI is InChI=1S/C42H31N3.C7H8.C6H10N2.C2H6/c1-3-11-31(12-4-1)43-32-21-23-34(24-22-32)45-40-18-10-8-16-36(40)38-28-30(20-26-42(38)45)29-19-25-41-37(27-29)35-15-7-9-17-39(35)44(41)33-13-5-2-6-14-33;1-7-5-3-2-4-6-7;1-5(7)6-3-2-4-8-6;1-2/h1-19,21-25,27-28,43H,20,26H2;2-6H,1H3;3,8H,1-2,4,7H2;1-2H3. The molecule has 1 aliphatic heterocycles. The number of para-hydroxylation sites is 4. The molecule has 0 spiro atoms. The predicted octanol–water partition coefficient (Wildman–Crippen LogP) is 14.3. The summed E-state index contributed by atoms with van der Waals surface area (Å²) < 4.78 is 4.84. The van der Waals surface area contributed by atoms with Crippen LogP contribution in [-0.4, -0.2) is 15.7 Å². The van der Waals surface area contributed by atoms with Crippen LogP contribution in [0.2, 0.25) is 0 Å². The van der Waals surface area contributed by atoms with Crippen molar-refractivity contribution in [3.63, 3.8) is 0 Å². The molecule has 3 heterocycles. The number of anilines is 2. The molecule has 7 aromatic carbocycles. The molecule has 5 nitrogen and oxygen atoms in total. The van der Waals surface area contributed by atoms with E-state index >= 15 is 0 Å². The molecule has 11 rings (SSSR count). The highest BCUT2D eigenvalue weighted by Gasteiger charge is 2.22. The molecule has 1 aliphatic carbocycles. The molecule has 0 amide bonds. The monoisotopic (exact) mass is 809 g/mol. The minimum atomic E-state index is 0.641. The first-order valence-electron chi connectivity index (χ1n) is 21.8. The Morgan fingerprint density at radius 3 is 1.76 bits per heavy atom. The summed E-state index contributed by atoms with van der Waals surface area (Å²) in [6, 6.07) is 64.7. The molecule has 308 valence electrons. The van der Waals surface area contributed by atoms with Gasteiger partial charge in [0.1, 0.15) is 0 Å². The maximum absolute atomic E-state index is 5.37. The molecule has 4 N–H and O–H groups in total. The van der Waals surface area contributed by atoms with Crippen molar-refractivity contribution in [2.75, 3.05) is 11.9 Å². The third kappa shape index (κ3) is 8.84. The summed E-state index contributed by atoms with van der Waals surface area (Å²) in [6.07, 6.45) is 7.57. The van der Waals surface area contributed by atoms with Gasteiger partial charge in [0.25, 0.3) is 0 Å². The van der Waals surface area contributed by atoms with E-state index in [1.807, 2.05) is 38.1 Å². The molecular formula is C57H55N5. The number of fused-ring (bicyclic) bond motifs is 6. The molecule has 0 saturated heterocycles. The van der Waals surface area contributed by atoms with E-state index in [2.05, 4.69) is 203 Å². The fraction of sp³-hybridized carbons (Fsp3) is 0.123. The lowest BCUT2D eigenvalue weighted by molar-refractivity contribution is 0.879. The third-order valence-electron chi connectivity index (χ3n) is 11.3. The number of hydrogen-bond donors (Lipinski definition) is 3. The average molecular weight is 810 g/mol. The maximum Gasteiger partial charge on any atom is 0.0541 e. The van der Waals surface area contributed by atoms with E-state index in [1.165, 1.54) is 72.0 Å². The van der Waals surface area contributed by atoms with Gasteiger partial charge >= 0.3 is 0 Å². The van der Waals surface area contributed by atoms with Crippen molar-refractivity contribution < 1.29 is 0 Å². The van der Waals surface area contributed by atoms with Gasteiger partial charge in [-0.2, -0.15) is 0 Å². The molecule has 0 atom stereocenters. The molecule has 5 heteroatoms. The van der Waals surface area contributed by atoms with Crippen LogP contribution in [0.15, 0.2) is 206 Å². The first kappa shape index (κ1) is 41.2. The lowest BCUT2D eigenvalue weighted by atomic mass is 9.90. The largest absolute Gasteiger partial charge is 0.398 e. The molecule has 0 bridgehead atoms. The molecule has 9 aromatic rings. The van der Waals surface area contributed by atoms with E-state index in [1.54, 1.807) is 0 Å². The number of hydrogen-bond acceptors (Lipinski definition) is 3. The van der Waals surface area contributed by atoms with Crippen molar-refractivity contribution in [1.29, 1.82) is 0 Å². The Kier molecular flexibility index (Phi) is 12.8. The van der Waals surface area contributed by atoms with Crippen molar-refractivity contribution in [2.45, 2.75) is 40.0 Å². The Balaban J connectivity index is 0.000000261. The minimum absolute atomic E-state index is 0.641. The van der Waals surface area contributed by atoms with Crippen LogP contribution in [0.1, 0.15) is 49.1 Å². The number of allylic oxidation sites excluding steroid dienone is 1.